The summed E-state index contributed by atoms with van der Waals surface area (Å²) in [6, 6.07) is 9.92. The van der Waals surface area contributed by atoms with E-state index in [4.69, 9.17) is 18.9 Å². The summed E-state index contributed by atoms with van der Waals surface area (Å²) in [6.07, 6.45) is 0. The lowest BCUT2D eigenvalue weighted by Gasteiger charge is -2.15. The van der Waals surface area contributed by atoms with Crippen molar-refractivity contribution in [2.24, 2.45) is 0 Å². The molecule has 150 valence electrons. The molecule has 0 saturated heterocycles. The van der Waals surface area contributed by atoms with Gasteiger partial charge in [-0.3, -0.25) is 9.59 Å². The van der Waals surface area contributed by atoms with Gasteiger partial charge in [-0.2, -0.15) is 0 Å². The van der Waals surface area contributed by atoms with E-state index in [0.717, 1.165) is 0 Å². The summed E-state index contributed by atoms with van der Waals surface area (Å²) in [5, 5.41) is 5.43. The summed E-state index contributed by atoms with van der Waals surface area (Å²) >= 11 is 0. The van der Waals surface area contributed by atoms with E-state index >= 15 is 0 Å². The quantitative estimate of drug-likeness (QED) is 0.685. The molecule has 0 radical (unpaired) electrons. The molecule has 8 heteroatoms. The third kappa shape index (κ3) is 5.06. The van der Waals surface area contributed by atoms with E-state index in [0.29, 0.717) is 35.0 Å². The van der Waals surface area contributed by atoms with Gasteiger partial charge < -0.3 is 29.6 Å². The molecule has 0 bridgehead atoms. The monoisotopic (exact) mass is 388 g/mol. The lowest BCUT2D eigenvalue weighted by atomic mass is 10.1. The van der Waals surface area contributed by atoms with Gasteiger partial charge in [-0.1, -0.05) is 0 Å². The van der Waals surface area contributed by atoms with Crippen molar-refractivity contribution < 1.29 is 28.5 Å². The highest BCUT2D eigenvalue weighted by Crippen LogP contribution is 2.39. The summed E-state index contributed by atoms with van der Waals surface area (Å²) in [7, 11) is 4.43. The van der Waals surface area contributed by atoms with E-state index in [1.54, 1.807) is 36.4 Å². The van der Waals surface area contributed by atoms with Crippen LogP contribution in [0.3, 0.4) is 0 Å². The van der Waals surface area contributed by atoms with E-state index in [1.165, 1.54) is 21.3 Å². The Morgan fingerprint density at radius 3 is 2.14 bits per heavy atom. The van der Waals surface area contributed by atoms with Crippen molar-refractivity contribution in [3.05, 3.63) is 42.0 Å². The Hall–Kier alpha value is -3.42. The van der Waals surface area contributed by atoms with Crippen LogP contribution in [0.25, 0.3) is 0 Å². The molecule has 2 rings (SSSR count). The first-order valence-electron chi connectivity index (χ1n) is 8.63. The Kier molecular flexibility index (Phi) is 7.50. The van der Waals surface area contributed by atoms with Crippen LogP contribution >= 0.6 is 0 Å². The molecular weight excluding hydrogens is 364 g/mol. The van der Waals surface area contributed by atoms with Gasteiger partial charge >= 0.3 is 0 Å². The smallest absolute Gasteiger partial charge is 0.259 e. The fourth-order valence-electron chi connectivity index (χ4n) is 2.51. The maximum atomic E-state index is 12.7. The summed E-state index contributed by atoms with van der Waals surface area (Å²) in [4.78, 5) is 24.1. The molecule has 0 fully saturated rings. The molecule has 0 saturated carbocycles. The highest BCUT2D eigenvalue weighted by atomic mass is 16.5. The van der Waals surface area contributed by atoms with Crippen molar-refractivity contribution in [1.29, 1.82) is 0 Å². The van der Waals surface area contributed by atoms with Crippen molar-refractivity contribution in [2.75, 3.05) is 39.8 Å². The molecule has 0 unspecified atom stereocenters. The van der Waals surface area contributed by atoms with Gasteiger partial charge in [0.1, 0.15) is 5.75 Å². The Balaban J connectivity index is 2.10. The molecule has 2 aromatic rings. The first kappa shape index (κ1) is 20.9. The molecule has 0 heterocycles. The average Bonchev–Trinajstić information content (AvgIpc) is 2.72. The fourth-order valence-corrected chi connectivity index (χ4v) is 2.51. The molecule has 2 amide bonds. The van der Waals surface area contributed by atoms with Gasteiger partial charge in [0.2, 0.25) is 5.75 Å². The van der Waals surface area contributed by atoms with Crippen molar-refractivity contribution in [2.45, 2.75) is 6.92 Å². The zero-order valence-electron chi connectivity index (χ0n) is 16.3. The molecule has 0 aliphatic carbocycles. The number of benzene rings is 2. The van der Waals surface area contributed by atoms with Crippen molar-refractivity contribution >= 4 is 17.5 Å². The lowest BCUT2D eigenvalue weighted by molar-refractivity contribution is -0.122. The Morgan fingerprint density at radius 2 is 1.57 bits per heavy atom. The molecule has 2 aromatic carbocycles. The second-order valence-electron chi connectivity index (χ2n) is 5.60. The number of hydrogen-bond acceptors (Lipinski definition) is 6. The second-order valence-corrected chi connectivity index (χ2v) is 5.60. The molecule has 0 spiro atoms. The Bertz CT molecular complexity index is 820. The minimum absolute atomic E-state index is 0.0671. The van der Waals surface area contributed by atoms with Crippen LogP contribution in [0.2, 0.25) is 0 Å². The maximum absolute atomic E-state index is 12.7. The van der Waals surface area contributed by atoms with Gasteiger partial charge in [-0.05, 0) is 43.3 Å². The number of methoxy groups -OCH3 is 3. The number of likely N-dealkylation sites (N-methyl/N-ethyl adjacent to an activating group) is 1. The SMILES string of the molecule is CCNC(=O)COc1ccc(NC(=O)c2ccc(OC)c(OC)c2OC)cc1. The van der Waals surface area contributed by atoms with Crippen LogP contribution in [-0.4, -0.2) is 46.3 Å². The predicted molar refractivity (Wildman–Crippen MR) is 105 cm³/mol. The van der Waals surface area contributed by atoms with Crippen LogP contribution in [0.15, 0.2) is 36.4 Å². The number of amides is 2. The summed E-state index contributed by atoms with van der Waals surface area (Å²) in [5.41, 5.74) is 0.865. The summed E-state index contributed by atoms with van der Waals surface area (Å²) < 4.78 is 21.2. The van der Waals surface area contributed by atoms with Gasteiger partial charge in [-0.15, -0.1) is 0 Å². The molecular formula is C20H24N2O6. The standard InChI is InChI=1S/C20H24N2O6/c1-5-21-17(23)12-28-14-8-6-13(7-9-14)22-20(24)15-10-11-16(25-2)19(27-4)18(15)26-3/h6-11H,5,12H2,1-4H3,(H,21,23)(H,22,24). The van der Waals surface area contributed by atoms with Crippen LogP contribution in [0.4, 0.5) is 5.69 Å². The summed E-state index contributed by atoms with van der Waals surface area (Å²) in [5.74, 6) is 1.04. The molecule has 0 atom stereocenters. The third-order valence-electron chi connectivity index (χ3n) is 3.80. The Morgan fingerprint density at radius 1 is 0.893 bits per heavy atom. The van der Waals surface area contributed by atoms with Crippen LogP contribution in [0, 0.1) is 0 Å². The highest BCUT2D eigenvalue weighted by Gasteiger charge is 2.20. The van der Waals surface area contributed by atoms with Crippen LogP contribution < -0.4 is 29.6 Å². The number of carbonyl (C=O) groups is 2. The van der Waals surface area contributed by atoms with Crippen LogP contribution in [-0.2, 0) is 4.79 Å². The largest absolute Gasteiger partial charge is 0.493 e. The second kappa shape index (κ2) is 10.1. The van der Waals surface area contributed by atoms with Gasteiger partial charge in [0.05, 0.1) is 26.9 Å². The number of carbonyl (C=O) groups excluding carboxylic acids is 2. The number of ether oxygens (including phenoxy) is 4. The topological polar surface area (TPSA) is 95.1 Å². The van der Waals surface area contributed by atoms with E-state index in [1.807, 2.05) is 6.92 Å². The minimum Gasteiger partial charge on any atom is -0.493 e. The Labute approximate surface area is 163 Å². The molecule has 0 aromatic heterocycles. The predicted octanol–water partition coefficient (Wildman–Crippen LogP) is 2.48. The normalized spacial score (nSPS) is 10.0. The van der Waals surface area contributed by atoms with Gasteiger partial charge in [0.15, 0.2) is 18.1 Å². The van der Waals surface area contributed by atoms with E-state index < -0.39 is 0 Å². The first-order chi connectivity index (χ1) is 13.5. The molecule has 0 aliphatic rings. The number of anilines is 1. The van der Waals surface area contributed by atoms with Gasteiger partial charge in [0, 0.05) is 12.2 Å². The number of nitrogens with one attached hydrogen (secondary N) is 2. The fraction of sp³-hybridized carbons (Fsp3) is 0.300. The van der Waals surface area contributed by atoms with Crippen LogP contribution in [0.5, 0.6) is 23.0 Å². The first-order valence-corrected chi connectivity index (χ1v) is 8.63. The highest BCUT2D eigenvalue weighted by molar-refractivity contribution is 6.07. The molecule has 2 N–H and O–H groups in total. The van der Waals surface area contributed by atoms with Crippen molar-refractivity contribution in [3.63, 3.8) is 0 Å². The van der Waals surface area contributed by atoms with E-state index in [-0.39, 0.29) is 24.2 Å². The zero-order chi connectivity index (χ0) is 20.5. The number of rotatable bonds is 9. The third-order valence-corrected chi connectivity index (χ3v) is 3.80. The van der Waals surface area contributed by atoms with E-state index in [9.17, 15) is 9.59 Å². The van der Waals surface area contributed by atoms with E-state index in [2.05, 4.69) is 10.6 Å². The number of hydrogen-bond donors (Lipinski definition) is 2. The van der Waals surface area contributed by atoms with Crippen molar-refractivity contribution in [3.8, 4) is 23.0 Å². The molecule has 28 heavy (non-hydrogen) atoms. The molecule has 0 aliphatic heterocycles. The average molecular weight is 388 g/mol. The minimum atomic E-state index is -0.367. The van der Waals surface area contributed by atoms with Gasteiger partial charge in [0.25, 0.3) is 11.8 Å². The lowest BCUT2D eigenvalue weighted by Crippen LogP contribution is -2.28. The summed E-state index contributed by atoms with van der Waals surface area (Å²) in [6.45, 7) is 2.32. The molecule has 8 nitrogen and oxygen atoms in total. The zero-order valence-corrected chi connectivity index (χ0v) is 16.3. The van der Waals surface area contributed by atoms with Crippen molar-refractivity contribution in [1.82, 2.24) is 5.32 Å². The maximum Gasteiger partial charge on any atom is 0.259 e. The van der Waals surface area contributed by atoms with Gasteiger partial charge in [-0.25, -0.2) is 0 Å². The van der Waals surface area contributed by atoms with Crippen LogP contribution in [0.1, 0.15) is 17.3 Å².